The number of fused-ring (bicyclic) bond motifs is 2. The molecule has 1 heterocycles. The Morgan fingerprint density at radius 1 is 1.06 bits per heavy atom. The van der Waals surface area contributed by atoms with Gasteiger partial charge in [-0.2, -0.15) is 0 Å². The van der Waals surface area contributed by atoms with Gasteiger partial charge in [-0.1, -0.05) is 13.8 Å². The van der Waals surface area contributed by atoms with Gasteiger partial charge in [0.1, 0.15) is 0 Å². The summed E-state index contributed by atoms with van der Waals surface area (Å²) in [5.74, 6) is 3.04. The van der Waals surface area contributed by atoms with E-state index in [1.54, 1.807) is 0 Å². The molecule has 0 aromatic carbocycles. The maximum atomic E-state index is 5.97. The molecule has 4 rings (SSSR count). The number of piperidine rings is 1. The smallest absolute Gasteiger partial charge is 0.00631 e. The molecule has 2 nitrogen and oxygen atoms in total. The average Bonchev–Trinajstić information content (AvgIpc) is 2.32. The van der Waals surface area contributed by atoms with Crippen LogP contribution in [-0.4, -0.2) is 30.6 Å². The fraction of sp³-hybridized carbons (Fsp3) is 1.00. The number of likely N-dealkylation sites (tertiary alicyclic amines) is 1. The van der Waals surface area contributed by atoms with Gasteiger partial charge in [0.2, 0.25) is 0 Å². The Morgan fingerprint density at radius 3 is 2.18 bits per heavy atom. The van der Waals surface area contributed by atoms with Gasteiger partial charge in [-0.25, -0.2) is 0 Å². The average molecular weight is 236 g/mol. The van der Waals surface area contributed by atoms with Crippen molar-refractivity contribution < 1.29 is 0 Å². The predicted octanol–water partition coefficient (Wildman–Crippen LogP) is 2.48. The summed E-state index contributed by atoms with van der Waals surface area (Å²) in [4.78, 5) is 2.67. The van der Waals surface area contributed by atoms with Crippen molar-refractivity contribution in [2.45, 2.75) is 52.0 Å². The molecule has 2 bridgehead atoms. The van der Waals surface area contributed by atoms with Crippen LogP contribution in [0.1, 0.15) is 46.0 Å². The lowest BCUT2D eigenvalue weighted by Crippen LogP contribution is -2.52. The Bertz CT molecular complexity index is 265. The largest absolute Gasteiger partial charge is 0.328 e. The molecule has 0 radical (unpaired) electrons. The SMILES string of the molecule is CC1(C)[C@@H]2CC(CN3CCC(N)CC3)C[C@H]1C2. The van der Waals surface area contributed by atoms with Gasteiger partial charge in [0, 0.05) is 12.6 Å². The molecule has 2 heteroatoms. The lowest BCUT2D eigenvalue weighted by molar-refractivity contribution is -0.0951. The van der Waals surface area contributed by atoms with E-state index in [1.165, 1.54) is 51.7 Å². The van der Waals surface area contributed by atoms with Crippen molar-refractivity contribution in [1.29, 1.82) is 0 Å². The van der Waals surface area contributed by atoms with Gasteiger partial charge in [-0.15, -0.1) is 0 Å². The number of hydrogen-bond donors (Lipinski definition) is 1. The Balaban J connectivity index is 1.49. The monoisotopic (exact) mass is 236 g/mol. The fourth-order valence-corrected chi connectivity index (χ4v) is 4.47. The molecule has 0 aromatic rings. The van der Waals surface area contributed by atoms with E-state index in [0.29, 0.717) is 11.5 Å². The first kappa shape index (κ1) is 12.0. The van der Waals surface area contributed by atoms with Crippen LogP contribution in [0.15, 0.2) is 0 Å². The normalized spacial score (nSPS) is 42.2. The van der Waals surface area contributed by atoms with Crippen LogP contribution in [0.2, 0.25) is 0 Å². The highest BCUT2D eigenvalue weighted by atomic mass is 15.1. The molecule has 2 N–H and O–H groups in total. The Labute approximate surface area is 106 Å². The van der Waals surface area contributed by atoms with Gasteiger partial charge in [0.25, 0.3) is 0 Å². The molecule has 98 valence electrons. The van der Waals surface area contributed by atoms with Crippen LogP contribution in [0.3, 0.4) is 0 Å². The maximum absolute atomic E-state index is 5.97. The number of rotatable bonds is 2. The van der Waals surface area contributed by atoms with Crippen molar-refractivity contribution >= 4 is 0 Å². The summed E-state index contributed by atoms with van der Waals surface area (Å²) in [7, 11) is 0. The van der Waals surface area contributed by atoms with Crippen LogP contribution >= 0.6 is 0 Å². The van der Waals surface area contributed by atoms with Crippen molar-refractivity contribution in [3.05, 3.63) is 0 Å². The van der Waals surface area contributed by atoms with Gasteiger partial charge >= 0.3 is 0 Å². The first-order valence-electron chi connectivity index (χ1n) is 7.53. The first-order chi connectivity index (χ1) is 8.05. The van der Waals surface area contributed by atoms with E-state index < -0.39 is 0 Å². The van der Waals surface area contributed by atoms with Crippen LogP contribution in [0.4, 0.5) is 0 Å². The second kappa shape index (κ2) is 4.24. The molecule has 3 aliphatic carbocycles. The Kier molecular flexibility index (Phi) is 2.99. The maximum Gasteiger partial charge on any atom is 0.00631 e. The van der Waals surface area contributed by atoms with E-state index in [9.17, 15) is 0 Å². The zero-order valence-electron chi connectivity index (χ0n) is 11.5. The van der Waals surface area contributed by atoms with Crippen molar-refractivity contribution in [2.24, 2.45) is 28.9 Å². The Morgan fingerprint density at radius 2 is 1.65 bits per heavy atom. The zero-order chi connectivity index (χ0) is 12.0. The van der Waals surface area contributed by atoms with Gasteiger partial charge in [0.15, 0.2) is 0 Å². The van der Waals surface area contributed by atoms with Gasteiger partial charge < -0.3 is 10.6 Å². The molecule has 0 aromatic heterocycles. The van der Waals surface area contributed by atoms with E-state index in [2.05, 4.69) is 18.7 Å². The van der Waals surface area contributed by atoms with Crippen LogP contribution in [-0.2, 0) is 0 Å². The molecule has 1 aliphatic heterocycles. The highest BCUT2D eigenvalue weighted by Gasteiger charge is 2.52. The van der Waals surface area contributed by atoms with Crippen LogP contribution in [0.25, 0.3) is 0 Å². The predicted molar refractivity (Wildman–Crippen MR) is 71.8 cm³/mol. The highest BCUT2D eigenvalue weighted by Crippen LogP contribution is 2.60. The molecular formula is C15H28N2. The summed E-state index contributed by atoms with van der Waals surface area (Å²) < 4.78 is 0. The number of hydrogen-bond acceptors (Lipinski definition) is 2. The van der Waals surface area contributed by atoms with Crippen molar-refractivity contribution in [2.75, 3.05) is 19.6 Å². The third-order valence-corrected chi connectivity index (χ3v) is 6.06. The molecule has 4 aliphatic rings. The summed E-state index contributed by atoms with van der Waals surface area (Å²) in [6, 6.07) is 0.477. The standard InChI is InChI=1S/C15H28N2/c1-15(2)12-7-11(8-13(15)9-12)10-17-5-3-14(16)4-6-17/h11-14H,3-10,16H2,1-2H3/t11?,12-,13+. The number of nitrogens with two attached hydrogens (primary N) is 1. The van der Waals surface area contributed by atoms with E-state index >= 15 is 0 Å². The topological polar surface area (TPSA) is 29.3 Å². The fourth-order valence-electron chi connectivity index (χ4n) is 4.47. The van der Waals surface area contributed by atoms with E-state index in [-0.39, 0.29) is 0 Å². The Hall–Kier alpha value is -0.0800. The minimum absolute atomic E-state index is 0.477. The molecule has 0 amide bonds. The molecule has 1 saturated heterocycles. The van der Waals surface area contributed by atoms with E-state index in [1.807, 2.05) is 0 Å². The molecule has 0 spiro atoms. The van der Waals surface area contributed by atoms with Gasteiger partial charge in [-0.3, -0.25) is 0 Å². The van der Waals surface area contributed by atoms with Gasteiger partial charge in [0.05, 0.1) is 0 Å². The second-order valence-corrected chi connectivity index (χ2v) is 7.43. The minimum Gasteiger partial charge on any atom is -0.328 e. The first-order valence-corrected chi connectivity index (χ1v) is 7.53. The summed E-state index contributed by atoms with van der Waals surface area (Å²) in [6.07, 6.45) is 6.93. The van der Waals surface area contributed by atoms with Crippen molar-refractivity contribution in [3.63, 3.8) is 0 Å². The van der Waals surface area contributed by atoms with E-state index in [4.69, 9.17) is 5.73 Å². The summed E-state index contributed by atoms with van der Waals surface area (Å²) >= 11 is 0. The van der Waals surface area contributed by atoms with Crippen LogP contribution in [0.5, 0.6) is 0 Å². The van der Waals surface area contributed by atoms with Gasteiger partial charge in [-0.05, 0) is 68.4 Å². The highest BCUT2D eigenvalue weighted by molar-refractivity contribution is 5.02. The lowest BCUT2D eigenvalue weighted by Gasteiger charge is -2.59. The molecule has 3 atom stereocenters. The van der Waals surface area contributed by atoms with Crippen molar-refractivity contribution in [3.8, 4) is 0 Å². The quantitative estimate of drug-likeness (QED) is 0.798. The summed E-state index contributed by atoms with van der Waals surface area (Å²) in [5, 5.41) is 0. The third kappa shape index (κ3) is 2.15. The molecule has 1 unspecified atom stereocenters. The summed E-state index contributed by atoms with van der Waals surface area (Å²) in [5.41, 5.74) is 6.64. The zero-order valence-corrected chi connectivity index (χ0v) is 11.5. The summed E-state index contributed by atoms with van der Waals surface area (Å²) in [6.45, 7) is 8.83. The molecule has 4 fully saturated rings. The second-order valence-electron chi connectivity index (χ2n) is 7.43. The number of nitrogens with zero attached hydrogens (tertiary/aromatic N) is 1. The van der Waals surface area contributed by atoms with Crippen LogP contribution < -0.4 is 5.73 Å². The van der Waals surface area contributed by atoms with E-state index in [0.717, 1.165) is 17.8 Å². The third-order valence-electron chi connectivity index (χ3n) is 6.06. The van der Waals surface area contributed by atoms with Crippen LogP contribution in [0, 0.1) is 23.2 Å². The van der Waals surface area contributed by atoms with Crippen molar-refractivity contribution in [1.82, 2.24) is 4.90 Å². The minimum atomic E-state index is 0.477. The molecular weight excluding hydrogens is 208 g/mol. The lowest BCUT2D eigenvalue weighted by atomic mass is 9.47. The molecule has 3 saturated carbocycles. The molecule has 17 heavy (non-hydrogen) atoms.